The monoisotopic (exact) mass is 234 g/mol. The summed E-state index contributed by atoms with van der Waals surface area (Å²) in [6.07, 6.45) is 2.41. The molecule has 0 rings (SSSR count). The van der Waals surface area contributed by atoms with Crippen molar-refractivity contribution in [2.45, 2.75) is 19.4 Å². The van der Waals surface area contributed by atoms with Crippen LogP contribution in [-0.4, -0.2) is 54.6 Å². The van der Waals surface area contributed by atoms with Gasteiger partial charge >= 0.3 is 0 Å². The fraction of sp³-hybridized carbons (Fsp3) is 0.700. The van der Waals surface area contributed by atoms with Crippen LogP contribution >= 0.6 is 0 Å². The number of terminal acetylenes is 1. The summed E-state index contributed by atoms with van der Waals surface area (Å²) < 4.78 is 24.4. The highest BCUT2D eigenvalue weighted by atomic mass is 19.3. The number of carbonyl (C=O) groups is 1. The molecule has 1 atom stereocenters. The van der Waals surface area contributed by atoms with Gasteiger partial charge in [0.1, 0.15) is 0 Å². The Hall–Kier alpha value is -1.19. The van der Waals surface area contributed by atoms with Crippen LogP contribution in [0.5, 0.6) is 0 Å². The molecule has 0 aromatic heterocycles. The van der Waals surface area contributed by atoms with Gasteiger partial charge in [-0.05, 0) is 6.92 Å². The molecule has 92 valence electrons. The molecule has 0 aliphatic rings. The number of nitrogens with zero attached hydrogens (tertiary/aromatic N) is 1. The van der Waals surface area contributed by atoms with Crippen LogP contribution in [0.15, 0.2) is 0 Å². The lowest BCUT2D eigenvalue weighted by atomic mass is 10.2. The summed E-state index contributed by atoms with van der Waals surface area (Å²) in [4.78, 5) is 12.6. The molecule has 0 saturated heterocycles. The highest BCUT2D eigenvalue weighted by Gasteiger charge is 2.23. The summed E-state index contributed by atoms with van der Waals surface area (Å²) >= 11 is 0. The fourth-order valence-electron chi connectivity index (χ4n) is 1.20. The van der Waals surface area contributed by atoms with E-state index >= 15 is 0 Å². The first-order chi connectivity index (χ1) is 7.52. The van der Waals surface area contributed by atoms with E-state index in [4.69, 9.17) is 11.5 Å². The van der Waals surface area contributed by atoms with E-state index in [1.807, 2.05) is 0 Å². The van der Waals surface area contributed by atoms with E-state index < -0.39 is 24.9 Å². The first kappa shape index (κ1) is 14.8. The number of carbonyl (C=O) groups excluding carboxylic acids is 1. The van der Waals surface area contributed by atoms with Gasteiger partial charge in [-0.2, -0.15) is 0 Å². The van der Waals surface area contributed by atoms with Crippen LogP contribution in [0.3, 0.4) is 0 Å². The molecule has 0 aliphatic carbocycles. The normalized spacial score (nSPS) is 12.6. The van der Waals surface area contributed by atoms with Gasteiger partial charge in [-0.25, -0.2) is 8.78 Å². The second-order valence-electron chi connectivity index (χ2n) is 3.21. The molecule has 1 unspecified atom stereocenters. The van der Waals surface area contributed by atoms with Crippen molar-refractivity contribution in [3.63, 3.8) is 0 Å². The van der Waals surface area contributed by atoms with Gasteiger partial charge in [0, 0.05) is 6.54 Å². The average molecular weight is 234 g/mol. The van der Waals surface area contributed by atoms with Gasteiger partial charge in [-0.15, -0.1) is 6.42 Å². The largest absolute Gasteiger partial charge is 0.395 e. The maximum Gasteiger partial charge on any atom is 0.251 e. The number of alkyl halides is 2. The minimum atomic E-state index is -2.55. The van der Waals surface area contributed by atoms with E-state index in [9.17, 15) is 13.6 Å². The van der Waals surface area contributed by atoms with E-state index in [2.05, 4.69) is 11.2 Å². The highest BCUT2D eigenvalue weighted by Crippen LogP contribution is 2.03. The first-order valence-electron chi connectivity index (χ1n) is 4.87. The zero-order chi connectivity index (χ0) is 12.6. The van der Waals surface area contributed by atoms with Gasteiger partial charge in [0.2, 0.25) is 5.91 Å². The van der Waals surface area contributed by atoms with Crippen molar-refractivity contribution in [3.8, 4) is 12.3 Å². The Balaban J connectivity index is 4.30. The lowest BCUT2D eigenvalue weighted by molar-refractivity contribution is -0.126. The van der Waals surface area contributed by atoms with Crippen molar-refractivity contribution in [2.75, 3.05) is 26.2 Å². The molecule has 0 spiro atoms. The van der Waals surface area contributed by atoms with Crippen molar-refractivity contribution in [3.05, 3.63) is 0 Å². The van der Waals surface area contributed by atoms with Gasteiger partial charge in [0.05, 0.1) is 25.7 Å². The van der Waals surface area contributed by atoms with Crippen molar-refractivity contribution in [1.82, 2.24) is 10.2 Å². The Bertz CT molecular complexity index is 254. The highest BCUT2D eigenvalue weighted by molar-refractivity contribution is 5.81. The number of aliphatic hydroxyl groups excluding tert-OH is 1. The maximum absolute atomic E-state index is 12.2. The van der Waals surface area contributed by atoms with Crippen molar-refractivity contribution < 1.29 is 18.7 Å². The van der Waals surface area contributed by atoms with Crippen LogP contribution in [0.25, 0.3) is 0 Å². The van der Waals surface area contributed by atoms with E-state index in [-0.39, 0.29) is 19.7 Å². The lowest BCUT2D eigenvalue weighted by Gasteiger charge is -2.26. The first-order valence-corrected chi connectivity index (χ1v) is 4.87. The van der Waals surface area contributed by atoms with Gasteiger partial charge in [-0.3, -0.25) is 9.69 Å². The molecule has 4 nitrogen and oxygen atoms in total. The zero-order valence-corrected chi connectivity index (χ0v) is 9.12. The number of hydrogen-bond donors (Lipinski definition) is 2. The molecular weight excluding hydrogens is 218 g/mol. The summed E-state index contributed by atoms with van der Waals surface area (Å²) in [5.41, 5.74) is 0. The second-order valence-corrected chi connectivity index (χ2v) is 3.21. The molecule has 0 fully saturated rings. The molecule has 6 heteroatoms. The minimum Gasteiger partial charge on any atom is -0.395 e. The van der Waals surface area contributed by atoms with Gasteiger partial charge < -0.3 is 10.4 Å². The third-order valence-corrected chi connectivity index (χ3v) is 2.05. The molecule has 0 aromatic carbocycles. The van der Waals surface area contributed by atoms with Crippen molar-refractivity contribution >= 4 is 5.91 Å². The summed E-state index contributed by atoms with van der Waals surface area (Å²) in [5, 5.41) is 11.1. The van der Waals surface area contributed by atoms with Gasteiger partial charge in [0.15, 0.2) is 0 Å². The predicted octanol–water partition coefficient (Wildman–Crippen LogP) is -0.316. The van der Waals surface area contributed by atoms with Gasteiger partial charge in [0.25, 0.3) is 6.43 Å². The molecule has 2 N–H and O–H groups in total. The number of hydrogen-bond acceptors (Lipinski definition) is 3. The second kappa shape index (κ2) is 8.02. The predicted molar refractivity (Wildman–Crippen MR) is 56.0 cm³/mol. The minimum absolute atomic E-state index is 0.0228. The topological polar surface area (TPSA) is 52.6 Å². The van der Waals surface area contributed by atoms with Gasteiger partial charge in [-0.1, -0.05) is 5.92 Å². The summed E-state index contributed by atoms with van der Waals surface area (Å²) in [6, 6.07) is -0.741. The fourth-order valence-corrected chi connectivity index (χ4v) is 1.20. The number of nitrogens with one attached hydrogen (secondary N) is 1. The Morgan fingerprint density at radius 2 is 2.25 bits per heavy atom. The average Bonchev–Trinajstić information content (AvgIpc) is 2.23. The van der Waals surface area contributed by atoms with E-state index in [0.29, 0.717) is 0 Å². The maximum atomic E-state index is 12.2. The van der Waals surface area contributed by atoms with Crippen LogP contribution in [0.1, 0.15) is 6.92 Å². The Morgan fingerprint density at radius 3 is 2.69 bits per heavy atom. The quantitative estimate of drug-likeness (QED) is 0.594. The molecule has 0 bridgehead atoms. The number of rotatable bonds is 7. The zero-order valence-electron chi connectivity index (χ0n) is 9.12. The number of halogens is 2. The molecule has 0 aliphatic heterocycles. The molecule has 0 aromatic rings. The van der Waals surface area contributed by atoms with Crippen LogP contribution < -0.4 is 5.32 Å². The van der Waals surface area contributed by atoms with E-state index in [1.54, 1.807) is 0 Å². The Kier molecular flexibility index (Phi) is 7.42. The Morgan fingerprint density at radius 1 is 1.62 bits per heavy atom. The molecule has 0 heterocycles. The molecule has 0 radical (unpaired) electrons. The Labute approximate surface area is 93.6 Å². The lowest BCUT2D eigenvalue weighted by Crippen LogP contribution is -2.48. The number of amides is 1. The van der Waals surface area contributed by atoms with Crippen LogP contribution in [0, 0.1) is 12.3 Å². The van der Waals surface area contributed by atoms with E-state index in [0.717, 1.165) is 0 Å². The SMILES string of the molecule is C#CCNC(=O)C(C)N(CCO)CC(F)F. The van der Waals surface area contributed by atoms with E-state index in [1.165, 1.54) is 11.8 Å². The van der Waals surface area contributed by atoms with Crippen LogP contribution in [0.4, 0.5) is 8.78 Å². The molecule has 0 saturated carbocycles. The molecule has 1 amide bonds. The smallest absolute Gasteiger partial charge is 0.251 e. The summed E-state index contributed by atoms with van der Waals surface area (Å²) in [6.45, 7) is 0.744. The summed E-state index contributed by atoms with van der Waals surface area (Å²) in [7, 11) is 0. The third kappa shape index (κ3) is 5.63. The van der Waals surface area contributed by atoms with Crippen molar-refractivity contribution in [2.24, 2.45) is 0 Å². The van der Waals surface area contributed by atoms with Crippen LogP contribution in [0.2, 0.25) is 0 Å². The van der Waals surface area contributed by atoms with Crippen molar-refractivity contribution in [1.29, 1.82) is 0 Å². The molecule has 16 heavy (non-hydrogen) atoms. The molecular formula is C10H16F2N2O2. The summed E-state index contributed by atoms with van der Waals surface area (Å²) in [5.74, 6) is 1.79. The standard InChI is InChI=1S/C10H16F2N2O2/c1-3-4-13-10(16)8(2)14(5-6-15)7-9(11)12/h1,8-9,15H,4-7H2,2H3,(H,13,16). The van der Waals surface area contributed by atoms with Crippen LogP contribution in [-0.2, 0) is 4.79 Å². The number of aliphatic hydroxyl groups is 1. The third-order valence-electron chi connectivity index (χ3n) is 2.05.